The monoisotopic (exact) mass is 297 g/mol. The van der Waals surface area contributed by atoms with Crippen LogP contribution < -0.4 is 5.32 Å². The van der Waals surface area contributed by atoms with Gasteiger partial charge in [-0.2, -0.15) is 0 Å². The summed E-state index contributed by atoms with van der Waals surface area (Å²) < 4.78 is 0. The molecule has 0 aliphatic heterocycles. The Bertz CT molecular complexity index is 272. The van der Waals surface area contributed by atoms with E-state index in [1.165, 1.54) is 32.6 Å². The van der Waals surface area contributed by atoms with Gasteiger partial charge in [0.15, 0.2) is 6.04 Å². The van der Waals surface area contributed by atoms with Crippen LogP contribution in [-0.4, -0.2) is 63.8 Å². The average Bonchev–Trinajstić information content (AvgIpc) is 2.34. The number of nitrogens with one attached hydrogen (secondary N) is 1. The number of hydrogen-bond donors (Lipinski definition) is 3. The fourth-order valence-corrected chi connectivity index (χ4v) is 1.88. The Labute approximate surface area is 143 Å². The van der Waals surface area contributed by atoms with Crippen LogP contribution in [0.1, 0.15) is 65.2 Å². The molecule has 0 rings (SSSR count). The summed E-state index contributed by atoms with van der Waals surface area (Å²) in [4.78, 5) is 22.3. The van der Waals surface area contributed by atoms with Gasteiger partial charge in [0.2, 0.25) is 5.91 Å². The SMILES string of the molecule is CCCCCCCCCC(=O)N[C@H](C(=O)O)[C@@H](C)O.[NaH]. The van der Waals surface area contributed by atoms with Gasteiger partial charge >= 0.3 is 35.5 Å². The molecule has 5 nitrogen and oxygen atoms in total. The van der Waals surface area contributed by atoms with Crippen LogP contribution in [0.3, 0.4) is 0 Å². The second kappa shape index (κ2) is 13.9. The summed E-state index contributed by atoms with van der Waals surface area (Å²) in [5, 5.41) is 20.4. The van der Waals surface area contributed by atoms with Gasteiger partial charge in [-0.25, -0.2) is 4.79 Å². The topological polar surface area (TPSA) is 86.6 Å². The first-order valence-corrected chi connectivity index (χ1v) is 7.19. The number of aliphatic carboxylic acids is 1. The number of unbranched alkanes of at least 4 members (excludes halogenated alkanes) is 6. The Morgan fingerprint density at radius 1 is 1.05 bits per heavy atom. The van der Waals surface area contributed by atoms with Crippen LogP contribution in [0.4, 0.5) is 0 Å². The van der Waals surface area contributed by atoms with E-state index in [0.717, 1.165) is 19.3 Å². The number of amides is 1. The van der Waals surface area contributed by atoms with Gasteiger partial charge in [-0.1, -0.05) is 45.4 Å². The molecule has 0 saturated carbocycles. The molecule has 0 aromatic heterocycles. The van der Waals surface area contributed by atoms with Crippen molar-refractivity contribution in [2.45, 2.75) is 77.4 Å². The molecule has 0 heterocycles. The van der Waals surface area contributed by atoms with Crippen molar-refractivity contribution in [3.8, 4) is 0 Å². The number of carbonyl (C=O) groups is 2. The van der Waals surface area contributed by atoms with Crippen LogP contribution >= 0.6 is 0 Å². The first-order valence-electron chi connectivity index (χ1n) is 7.19. The minimum absolute atomic E-state index is 0. The Hall–Kier alpha value is -0.100. The number of aliphatic hydroxyl groups is 1. The van der Waals surface area contributed by atoms with Crippen LogP contribution in [0.15, 0.2) is 0 Å². The maximum absolute atomic E-state index is 11.5. The number of hydrogen-bond acceptors (Lipinski definition) is 3. The summed E-state index contributed by atoms with van der Waals surface area (Å²) in [5.41, 5.74) is 0. The Balaban J connectivity index is 0. The first-order chi connectivity index (χ1) is 8.99. The molecule has 114 valence electrons. The van der Waals surface area contributed by atoms with Crippen molar-refractivity contribution in [2.24, 2.45) is 0 Å². The molecule has 3 N–H and O–H groups in total. The minimum atomic E-state index is -1.21. The number of carbonyl (C=O) groups excluding carboxylic acids is 1. The van der Waals surface area contributed by atoms with Crippen LogP contribution in [0.5, 0.6) is 0 Å². The molecule has 0 fully saturated rings. The van der Waals surface area contributed by atoms with Gasteiger partial charge in [-0.05, 0) is 13.3 Å². The molecule has 2 atom stereocenters. The number of rotatable bonds is 11. The molecule has 0 aliphatic carbocycles. The second-order valence-corrected chi connectivity index (χ2v) is 5.00. The zero-order valence-electron chi connectivity index (χ0n) is 12.0. The van der Waals surface area contributed by atoms with Gasteiger partial charge in [-0.15, -0.1) is 0 Å². The molecular formula is C14H28NNaO4. The third-order valence-electron chi connectivity index (χ3n) is 3.07. The Kier molecular flexibility index (Phi) is 15.4. The van der Waals surface area contributed by atoms with Crippen molar-refractivity contribution >= 4 is 41.4 Å². The summed E-state index contributed by atoms with van der Waals surface area (Å²) in [6, 6.07) is -1.21. The molecule has 1 amide bonds. The molecule has 0 aliphatic rings. The first kappa shape index (κ1) is 22.2. The summed E-state index contributed by atoms with van der Waals surface area (Å²) >= 11 is 0. The Morgan fingerprint density at radius 3 is 2.00 bits per heavy atom. The predicted octanol–water partition coefficient (Wildman–Crippen LogP) is 1.43. The van der Waals surface area contributed by atoms with Crippen molar-refractivity contribution in [1.29, 1.82) is 0 Å². The quantitative estimate of drug-likeness (QED) is 0.398. The van der Waals surface area contributed by atoms with Crippen molar-refractivity contribution in [3.05, 3.63) is 0 Å². The van der Waals surface area contributed by atoms with E-state index in [0.29, 0.717) is 6.42 Å². The van der Waals surface area contributed by atoms with Gasteiger partial charge in [-0.3, -0.25) is 4.79 Å². The average molecular weight is 297 g/mol. The summed E-state index contributed by atoms with van der Waals surface area (Å²) in [7, 11) is 0. The molecule has 20 heavy (non-hydrogen) atoms. The van der Waals surface area contributed by atoms with Crippen LogP contribution in [0.2, 0.25) is 0 Å². The summed E-state index contributed by atoms with van der Waals surface area (Å²) in [6.45, 7) is 3.53. The van der Waals surface area contributed by atoms with E-state index >= 15 is 0 Å². The maximum atomic E-state index is 11.5. The van der Waals surface area contributed by atoms with Crippen molar-refractivity contribution in [3.63, 3.8) is 0 Å². The Morgan fingerprint density at radius 2 is 1.55 bits per heavy atom. The fourth-order valence-electron chi connectivity index (χ4n) is 1.88. The van der Waals surface area contributed by atoms with E-state index in [2.05, 4.69) is 12.2 Å². The number of carboxylic acid groups (broad SMARTS) is 1. The molecule has 0 saturated heterocycles. The molecule has 0 aromatic carbocycles. The molecule has 0 aromatic rings. The van der Waals surface area contributed by atoms with Crippen molar-refractivity contribution in [2.75, 3.05) is 0 Å². The number of carboxylic acids is 1. The molecule has 0 spiro atoms. The second-order valence-electron chi connectivity index (χ2n) is 5.00. The van der Waals surface area contributed by atoms with E-state index in [-0.39, 0.29) is 35.5 Å². The summed E-state index contributed by atoms with van der Waals surface area (Å²) in [5.74, 6) is -1.51. The fraction of sp³-hybridized carbons (Fsp3) is 0.857. The zero-order valence-corrected chi connectivity index (χ0v) is 12.0. The third kappa shape index (κ3) is 11.7. The van der Waals surface area contributed by atoms with Crippen LogP contribution in [-0.2, 0) is 9.59 Å². The van der Waals surface area contributed by atoms with Gasteiger partial charge < -0.3 is 15.5 Å². The standard InChI is InChI=1S/C14H27NO4.Na.H/c1-3-4-5-6-7-8-9-10-12(17)15-13(11(2)16)14(18)19;;/h11,13,16H,3-10H2,1-2H3,(H,15,17)(H,18,19);;/t11-,13+;;/m1../s1. The van der Waals surface area contributed by atoms with E-state index in [4.69, 9.17) is 5.11 Å². The molecule has 0 unspecified atom stereocenters. The van der Waals surface area contributed by atoms with E-state index in [9.17, 15) is 14.7 Å². The zero-order chi connectivity index (χ0) is 14.7. The normalized spacial score (nSPS) is 13.2. The van der Waals surface area contributed by atoms with Crippen molar-refractivity contribution in [1.82, 2.24) is 5.32 Å². The molecule has 0 bridgehead atoms. The van der Waals surface area contributed by atoms with Crippen LogP contribution in [0, 0.1) is 0 Å². The molecular weight excluding hydrogens is 269 g/mol. The van der Waals surface area contributed by atoms with Gasteiger partial charge in [0.25, 0.3) is 0 Å². The van der Waals surface area contributed by atoms with Gasteiger partial charge in [0, 0.05) is 6.42 Å². The van der Waals surface area contributed by atoms with E-state index in [1.54, 1.807) is 0 Å². The summed E-state index contributed by atoms with van der Waals surface area (Å²) in [6.07, 6.45) is 7.03. The molecule has 0 radical (unpaired) electrons. The number of aliphatic hydroxyl groups excluding tert-OH is 1. The van der Waals surface area contributed by atoms with E-state index in [1.807, 2.05) is 0 Å². The van der Waals surface area contributed by atoms with E-state index < -0.39 is 18.1 Å². The van der Waals surface area contributed by atoms with Gasteiger partial charge in [0.1, 0.15) is 0 Å². The third-order valence-corrected chi connectivity index (χ3v) is 3.07. The molecule has 6 heteroatoms. The predicted molar refractivity (Wildman–Crippen MR) is 81.0 cm³/mol. The van der Waals surface area contributed by atoms with Crippen LogP contribution in [0.25, 0.3) is 0 Å². The van der Waals surface area contributed by atoms with Crippen molar-refractivity contribution < 1.29 is 19.8 Å². The van der Waals surface area contributed by atoms with Gasteiger partial charge in [0.05, 0.1) is 6.10 Å².